The van der Waals surface area contributed by atoms with Crippen molar-refractivity contribution >= 4 is 28.5 Å². The second kappa shape index (κ2) is 7.82. The number of rotatable bonds is 7. The van der Waals surface area contributed by atoms with Crippen molar-refractivity contribution < 1.29 is 13.9 Å². The number of carbonyl (C=O) groups is 1. The van der Waals surface area contributed by atoms with Gasteiger partial charge in [0.2, 0.25) is 5.91 Å². The number of fused-ring (bicyclic) bond motifs is 1. The topological polar surface area (TPSA) is 96.0 Å². The third-order valence-electron chi connectivity index (χ3n) is 5.52. The first-order valence-electron chi connectivity index (χ1n) is 10.1. The van der Waals surface area contributed by atoms with Crippen LogP contribution < -0.4 is 10.1 Å². The molecule has 31 heavy (non-hydrogen) atoms. The van der Waals surface area contributed by atoms with E-state index in [1.807, 2.05) is 0 Å². The van der Waals surface area contributed by atoms with Gasteiger partial charge in [-0.15, -0.1) is 0 Å². The van der Waals surface area contributed by atoms with Crippen molar-refractivity contribution in [3.8, 4) is 5.75 Å². The molecule has 0 spiro atoms. The molecule has 1 amide bonds. The van der Waals surface area contributed by atoms with E-state index in [4.69, 9.17) is 4.74 Å². The third kappa shape index (κ3) is 3.86. The highest BCUT2D eigenvalue weighted by Crippen LogP contribution is 2.39. The minimum atomic E-state index is -0.375. The highest BCUT2D eigenvalue weighted by molar-refractivity contribution is 5.89. The van der Waals surface area contributed by atoms with E-state index in [9.17, 15) is 9.18 Å². The van der Waals surface area contributed by atoms with Gasteiger partial charge < -0.3 is 19.9 Å². The fraction of sp³-hybridized carbons (Fsp3) is 0.273. The fourth-order valence-electron chi connectivity index (χ4n) is 3.77. The van der Waals surface area contributed by atoms with Crippen molar-refractivity contribution in [1.29, 1.82) is 0 Å². The van der Waals surface area contributed by atoms with Gasteiger partial charge in [-0.25, -0.2) is 19.3 Å². The van der Waals surface area contributed by atoms with E-state index in [1.165, 1.54) is 18.5 Å². The SMILES string of the molecule is C=CC(=O)N1CCC(Nc2ncnc3nc(C4=C(COc5ccccc5F)C4)[nH]c23)C1. The molecule has 1 aromatic carbocycles. The van der Waals surface area contributed by atoms with Crippen LogP contribution in [0.4, 0.5) is 10.2 Å². The molecule has 158 valence electrons. The summed E-state index contributed by atoms with van der Waals surface area (Å²) in [5.41, 5.74) is 3.40. The second-order valence-electron chi connectivity index (χ2n) is 7.60. The molecule has 2 aliphatic rings. The first-order chi connectivity index (χ1) is 15.1. The lowest BCUT2D eigenvalue weighted by atomic mass is 10.2. The standard InChI is InChI=1S/C22H21FN6O2/c1-2-18(30)29-8-7-14(10-29)26-21-19-22(25-12-24-21)28-20(27-19)15-9-13(15)11-31-17-6-4-3-5-16(17)23/h2-6,12,14H,1,7-11H2,(H2,24,25,26,27,28). The van der Waals surface area contributed by atoms with E-state index in [-0.39, 0.29) is 23.5 Å². The van der Waals surface area contributed by atoms with Crippen LogP contribution in [0.2, 0.25) is 0 Å². The monoisotopic (exact) mass is 420 g/mol. The molecule has 8 nitrogen and oxygen atoms in total. The summed E-state index contributed by atoms with van der Waals surface area (Å²) in [6.07, 6.45) is 4.39. The molecule has 1 unspecified atom stereocenters. The van der Waals surface area contributed by atoms with Gasteiger partial charge in [-0.05, 0) is 30.2 Å². The zero-order valence-electron chi connectivity index (χ0n) is 16.8. The number of aromatic nitrogens is 4. The molecule has 1 saturated heterocycles. The Morgan fingerprint density at radius 1 is 1.39 bits per heavy atom. The molecule has 1 fully saturated rings. The predicted octanol–water partition coefficient (Wildman–Crippen LogP) is 2.93. The van der Waals surface area contributed by atoms with Crippen LogP contribution in [0.25, 0.3) is 16.7 Å². The number of nitrogens with zero attached hydrogens (tertiary/aromatic N) is 4. The average molecular weight is 420 g/mol. The van der Waals surface area contributed by atoms with Gasteiger partial charge in [-0.3, -0.25) is 4.79 Å². The van der Waals surface area contributed by atoms with Crippen LogP contribution in [0, 0.1) is 5.82 Å². The number of allylic oxidation sites excluding steroid dienone is 1. The number of amides is 1. The molecule has 0 radical (unpaired) electrons. The molecular formula is C22H21FN6O2. The fourth-order valence-corrected chi connectivity index (χ4v) is 3.77. The maximum atomic E-state index is 13.7. The van der Waals surface area contributed by atoms with Crippen LogP contribution in [0.3, 0.4) is 0 Å². The van der Waals surface area contributed by atoms with E-state index < -0.39 is 0 Å². The lowest BCUT2D eigenvalue weighted by Gasteiger charge is -2.15. The van der Waals surface area contributed by atoms with Crippen molar-refractivity contribution in [3.05, 3.63) is 60.5 Å². The number of benzene rings is 1. The Morgan fingerprint density at radius 2 is 2.26 bits per heavy atom. The number of hydrogen-bond acceptors (Lipinski definition) is 6. The van der Waals surface area contributed by atoms with Gasteiger partial charge in [-0.2, -0.15) is 0 Å². The van der Waals surface area contributed by atoms with Crippen LogP contribution in [-0.2, 0) is 4.79 Å². The smallest absolute Gasteiger partial charge is 0.246 e. The molecule has 0 bridgehead atoms. The van der Waals surface area contributed by atoms with Gasteiger partial charge in [0.25, 0.3) is 0 Å². The Kier molecular flexibility index (Phi) is 4.85. The number of carbonyl (C=O) groups excluding carboxylic acids is 1. The molecular weight excluding hydrogens is 399 g/mol. The molecule has 1 aliphatic carbocycles. The van der Waals surface area contributed by atoms with Crippen LogP contribution >= 0.6 is 0 Å². The lowest BCUT2D eigenvalue weighted by molar-refractivity contribution is -0.125. The summed E-state index contributed by atoms with van der Waals surface area (Å²) < 4.78 is 19.3. The highest BCUT2D eigenvalue weighted by atomic mass is 19.1. The van der Waals surface area contributed by atoms with Crippen molar-refractivity contribution in [2.24, 2.45) is 0 Å². The Morgan fingerprint density at radius 3 is 3.10 bits per heavy atom. The number of likely N-dealkylation sites (tertiary alicyclic amines) is 1. The predicted molar refractivity (Wildman–Crippen MR) is 114 cm³/mol. The van der Waals surface area contributed by atoms with E-state index in [0.29, 0.717) is 31.2 Å². The van der Waals surface area contributed by atoms with Gasteiger partial charge in [0.05, 0.1) is 0 Å². The number of imidazole rings is 1. The van der Waals surface area contributed by atoms with Crippen LogP contribution in [0.15, 0.2) is 48.8 Å². The van der Waals surface area contributed by atoms with Crippen LogP contribution in [0.5, 0.6) is 5.75 Å². The highest BCUT2D eigenvalue weighted by Gasteiger charge is 2.29. The average Bonchev–Trinajstić information content (AvgIpc) is 3.18. The molecule has 2 N–H and O–H groups in total. The van der Waals surface area contributed by atoms with Crippen molar-refractivity contribution in [1.82, 2.24) is 24.8 Å². The number of aromatic amines is 1. The van der Waals surface area contributed by atoms with Crippen molar-refractivity contribution in [3.63, 3.8) is 0 Å². The van der Waals surface area contributed by atoms with E-state index in [2.05, 4.69) is 31.8 Å². The first-order valence-corrected chi connectivity index (χ1v) is 10.1. The van der Waals surface area contributed by atoms with Gasteiger partial charge in [0.15, 0.2) is 23.0 Å². The number of nitrogens with one attached hydrogen (secondary N) is 2. The molecule has 0 saturated carbocycles. The van der Waals surface area contributed by atoms with Crippen LogP contribution in [0.1, 0.15) is 18.7 Å². The summed E-state index contributed by atoms with van der Waals surface area (Å²) in [7, 11) is 0. The van der Waals surface area contributed by atoms with Gasteiger partial charge in [0, 0.05) is 31.1 Å². The quantitative estimate of drug-likeness (QED) is 0.571. The number of halogens is 1. The van der Waals surface area contributed by atoms with Crippen molar-refractivity contribution in [2.45, 2.75) is 18.9 Å². The van der Waals surface area contributed by atoms with E-state index in [0.717, 1.165) is 35.3 Å². The summed E-state index contributed by atoms with van der Waals surface area (Å²) >= 11 is 0. The summed E-state index contributed by atoms with van der Waals surface area (Å²) in [6, 6.07) is 6.45. The zero-order chi connectivity index (χ0) is 21.4. The molecule has 3 aromatic rings. The van der Waals surface area contributed by atoms with Gasteiger partial charge in [-0.1, -0.05) is 18.7 Å². The normalized spacial score (nSPS) is 17.8. The summed E-state index contributed by atoms with van der Waals surface area (Å²) in [5, 5.41) is 3.40. The summed E-state index contributed by atoms with van der Waals surface area (Å²) in [6.45, 7) is 5.14. The Hall–Kier alpha value is -3.75. The number of hydrogen-bond donors (Lipinski definition) is 2. The zero-order valence-corrected chi connectivity index (χ0v) is 16.8. The van der Waals surface area contributed by atoms with Gasteiger partial charge >= 0.3 is 0 Å². The second-order valence-corrected chi connectivity index (χ2v) is 7.60. The van der Waals surface area contributed by atoms with E-state index >= 15 is 0 Å². The molecule has 1 aliphatic heterocycles. The van der Waals surface area contributed by atoms with Gasteiger partial charge in [0.1, 0.15) is 24.3 Å². The minimum absolute atomic E-state index is 0.0632. The molecule has 3 heterocycles. The third-order valence-corrected chi connectivity index (χ3v) is 5.52. The van der Waals surface area contributed by atoms with Crippen LogP contribution in [-0.4, -0.2) is 56.5 Å². The number of ether oxygens (including phenoxy) is 1. The Labute approximate surface area is 177 Å². The largest absolute Gasteiger partial charge is 0.486 e. The number of H-pyrrole nitrogens is 1. The maximum absolute atomic E-state index is 13.7. The molecule has 9 heteroatoms. The Balaban J connectivity index is 1.30. The maximum Gasteiger partial charge on any atom is 0.246 e. The molecule has 5 rings (SSSR count). The lowest BCUT2D eigenvalue weighted by Crippen LogP contribution is -2.30. The number of para-hydroxylation sites is 1. The summed E-state index contributed by atoms with van der Waals surface area (Å²) in [4.78, 5) is 30.1. The van der Waals surface area contributed by atoms with E-state index in [1.54, 1.807) is 23.1 Å². The molecule has 2 aromatic heterocycles. The Bertz CT molecular complexity index is 1200. The van der Waals surface area contributed by atoms with Crippen molar-refractivity contribution in [2.75, 3.05) is 25.0 Å². The first kappa shape index (κ1) is 19.2. The summed E-state index contributed by atoms with van der Waals surface area (Å²) in [5.74, 6) is 1.18. The number of anilines is 1. The minimum Gasteiger partial charge on any atom is -0.486 e. The molecule has 1 atom stereocenters.